The molecule has 2 aromatic rings. The number of hydrogen-bond acceptors (Lipinski definition) is 2. The van der Waals surface area contributed by atoms with E-state index in [0.29, 0.717) is 0 Å². The largest absolute Gasteiger partial charge is 0.478 e. The van der Waals surface area contributed by atoms with E-state index in [4.69, 9.17) is 10.2 Å². The maximum absolute atomic E-state index is 10.9. The Labute approximate surface area is 129 Å². The molecule has 2 rings (SSSR count). The molecule has 0 saturated carbocycles. The van der Waals surface area contributed by atoms with Crippen LogP contribution in [0.4, 0.5) is 0 Å². The van der Waals surface area contributed by atoms with Crippen molar-refractivity contribution >= 4 is 11.9 Å². The molecule has 0 heterocycles. The van der Waals surface area contributed by atoms with Crippen LogP contribution in [0, 0.1) is 0 Å². The normalized spacial score (nSPS) is 13.4. The van der Waals surface area contributed by atoms with E-state index in [1.54, 1.807) is 24.3 Å². The van der Waals surface area contributed by atoms with E-state index in [9.17, 15) is 9.59 Å². The predicted octanol–water partition coefficient (Wildman–Crippen LogP) is 3.99. The first-order valence-electron chi connectivity index (χ1n) is 7.06. The van der Waals surface area contributed by atoms with Crippen molar-refractivity contribution in [3.63, 3.8) is 0 Å². The molecule has 114 valence electrons. The van der Waals surface area contributed by atoms with Crippen LogP contribution in [0.5, 0.6) is 0 Å². The summed E-state index contributed by atoms with van der Waals surface area (Å²) in [5.41, 5.74) is 2.66. The summed E-state index contributed by atoms with van der Waals surface area (Å²) in [6, 6.07) is 13.7. The average Bonchev–Trinajstić information content (AvgIpc) is 2.53. The second kappa shape index (κ2) is 6.43. The molecule has 0 saturated heterocycles. The van der Waals surface area contributed by atoms with Gasteiger partial charge in [0, 0.05) is 0 Å². The van der Waals surface area contributed by atoms with Crippen molar-refractivity contribution in [3.8, 4) is 0 Å². The van der Waals surface area contributed by atoms with E-state index >= 15 is 0 Å². The Hall–Kier alpha value is -2.62. The van der Waals surface area contributed by atoms with Gasteiger partial charge < -0.3 is 10.2 Å². The molecule has 0 aliphatic rings. The summed E-state index contributed by atoms with van der Waals surface area (Å²) in [6.45, 7) is 4.15. The van der Waals surface area contributed by atoms with Gasteiger partial charge in [0.2, 0.25) is 0 Å². The highest BCUT2D eigenvalue weighted by Crippen LogP contribution is 2.32. The lowest BCUT2D eigenvalue weighted by Crippen LogP contribution is -2.06. The van der Waals surface area contributed by atoms with E-state index in [1.165, 1.54) is 0 Å². The minimum Gasteiger partial charge on any atom is -0.478 e. The number of benzene rings is 2. The topological polar surface area (TPSA) is 74.6 Å². The molecule has 0 aliphatic carbocycles. The Morgan fingerprint density at radius 1 is 0.682 bits per heavy atom. The maximum Gasteiger partial charge on any atom is 0.335 e. The SMILES string of the molecule is CC(c1ccc(C(=O)O)cc1)C(C)c1ccc(C(=O)O)cc1. The first-order chi connectivity index (χ1) is 10.4. The third-order valence-corrected chi connectivity index (χ3v) is 4.12. The maximum atomic E-state index is 10.9. The Bertz CT molecular complexity index is 610. The first-order valence-corrected chi connectivity index (χ1v) is 7.06. The second-order valence-electron chi connectivity index (χ2n) is 5.43. The van der Waals surface area contributed by atoms with Crippen LogP contribution in [-0.2, 0) is 0 Å². The van der Waals surface area contributed by atoms with Crippen molar-refractivity contribution in [1.29, 1.82) is 0 Å². The molecule has 4 nitrogen and oxygen atoms in total. The summed E-state index contributed by atoms with van der Waals surface area (Å²) in [7, 11) is 0. The molecule has 0 amide bonds. The Balaban J connectivity index is 2.18. The molecule has 0 radical (unpaired) electrons. The van der Waals surface area contributed by atoms with Crippen molar-refractivity contribution in [2.75, 3.05) is 0 Å². The van der Waals surface area contributed by atoms with Crippen molar-refractivity contribution in [2.24, 2.45) is 0 Å². The molecule has 2 unspecified atom stereocenters. The lowest BCUT2D eigenvalue weighted by atomic mass is 9.83. The van der Waals surface area contributed by atoms with Gasteiger partial charge in [-0.2, -0.15) is 0 Å². The summed E-state index contributed by atoms with van der Waals surface area (Å²) < 4.78 is 0. The Kier molecular flexibility index (Phi) is 4.61. The summed E-state index contributed by atoms with van der Waals surface area (Å²) in [4.78, 5) is 21.8. The Morgan fingerprint density at radius 2 is 0.955 bits per heavy atom. The molecule has 0 bridgehead atoms. The van der Waals surface area contributed by atoms with Crippen LogP contribution in [0.25, 0.3) is 0 Å². The zero-order valence-electron chi connectivity index (χ0n) is 12.5. The van der Waals surface area contributed by atoms with E-state index in [0.717, 1.165) is 11.1 Å². The third kappa shape index (κ3) is 3.34. The van der Waals surface area contributed by atoms with Gasteiger partial charge in [0.1, 0.15) is 0 Å². The number of hydrogen-bond donors (Lipinski definition) is 2. The minimum atomic E-state index is -0.934. The molecule has 22 heavy (non-hydrogen) atoms. The molecule has 2 atom stereocenters. The average molecular weight is 298 g/mol. The molecule has 0 aliphatic heterocycles. The molecular weight excluding hydrogens is 280 g/mol. The quantitative estimate of drug-likeness (QED) is 0.875. The van der Waals surface area contributed by atoms with Gasteiger partial charge in [-0.05, 0) is 47.2 Å². The standard InChI is InChI=1S/C18H18O4/c1-11(13-3-7-15(8-4-13)17(19)20)12(2)14-5-9-16(10-6-14)18(21)22/h3-12H,1-2H3,(H,19,20)(H,21,22). The van der Waals surface area contributed by atoms with Crippen LogP contribution in [0.3, 0.4) is 0 Å². The van der Waals surface area contributed by atoms with Crippen LogP contribution in [0.1, 0.15) is 57.5 Å². The molecule has 2 aromatic carbocycles. The summed E-state index contributed by atoms with van der Waals surface area (Å²) in [5, 5.41) is 17.8. The fourth-order valence-electron chi connectivity index (χ4n) is 2.44. The van der Waals surface area contributed by atoms with E-state index in [2.05, 4.69) is 13.8 Å². The van der Waals surface area contributed by atoms with E-state index < -0.39 is 11.9 Å². The van der Waals surface area contributed by atoms with Crippen molar-refractivity contribution in [1.82, 2.24) is 0 Å². The molecule has 4 heteroatoms. The van der Waals surface area contributed by atoms with Crippen LogP contribution in [0.2, 0.25) is 0 Å². The van der Waals surface area contributed by atoms with Gasteiger partial charge >= 0.3 is 11.9 Å². The van der Waals surface area contributed by atoms with Gasteiger partial charge in [0.25, 0.3) is 0 Å². The van der Waals surface area contributed by atoms with Crippen molar-refractivity contribution < 1.29 is 19.8 Å². The molecular formula is C18H18O4. The molecule has 0 spiro atoms. The fourth-order valence-corrected chi connectivity index (χ4v) is 2.44. The zero-order valence-corrected chi connectivity index (χ0v) is 12.5. The van der Waals surface area contributed by atoms with Crippen molar-refractivity contribution in [3.05, 3.63) is 70.8 Å². The highest BCUT2D eigenvalue weighted by Gasteiger charge is 2.17. The number of carboxylic acid groups (broad SMARTS) is 2. The van der Waals surface area contributed by atoms with E-state index in [1.807, 2.05) is 24.3 Å². The van der Waals surface area contributed by atoms with Gasteiger partial charge in [-0.25, -0.2) is 9.59 Å². The molecule has 0 aromatic heterocycles. The predicted molar refractivity (Wildman–Crippen MR) is 83.6 cm³/mol. The van der Waals surface area contributed by atoms with Gasteiger partial charge in [-0.1, -0.05) is 38.1 Å². The first kappa shape index (κ1) is 15.8. The van der Waals surface area contributed by atoms with Gasteiger partial charge in [-0.3, -0.25) is 0 Å². The monoisotopic (exact) mass is 298 g/mol. The molecule has 2 N–H and O–H groups in total. The number of carbonyl (C=O) groups is 2. The minimum absolute atomic E-state index is 0.193. The van der Waals surface area contributed by atoms with Crippen LogP contribution >= 0.6 is 0 Å². The lowest BCUT2D eigenvalue weighted by Gasteiger charge is -2.21. The van der Waals surface area contributed by atoms with Crippen LogP contribution in [0.15, 0.2) is 48.5 Å². The fraction of sp³-hybridized carbons (Fsp3) is 0.222. The van der Waals surface area contributed by atoms with Gasteiger partial charge in [0.05, 0.1) is 11.1 Å². The lowest BCUT2D eigenvalue weighted by molar-refractivity contribution is 0.0686. The zero-order chi connectivity index (χ0) is 16.3. The third-order valence-electron chi connectivity index (χ3n) is 4.12. The highest BCUT2D eigenvalue weighted by atomic mass is 16.4. The summed E-state index contributed by atoms with van der Waals surface area (Å²) >= 11 is 0. The highest BCUT2D eigenvalue weighted by molar-refractivity contribution is 5.88. The number of aromatic carboxylic acids is 2. The van der Waals surface area contributed by atoms with Crippen molar-refractivity contribution in [2.45, 2.75) is 25.7 Å². The van der Waals surface area contributed by atoms with Gasteiger partial charge in [0.15, 0.2) is 0 Å². The summed E-state index contributed by atoms with van der Waals surface area (Å²) in [5.74, 6) is -1.48. The van der Waals surface area contributed by atoms with Gasteiger partial charge in [-0.15, -0.1) is 0 Å². The van der Waals surface area contributed by atoms with E-state index in [-0.39, 0.29) is 23.0 Å². The number of rotatable bonds is 5. The number of carboxylic acids is 2. The smallest absolute Gasteiger partial charge is 0.335 e. The van der Waals surface area contributed by atoms with Crippen LogP contribution in [-0.4, -0.2) is 22.2 Å². The van der Waals surface area contributed by atoms with Crippen LogP contribution < -0.4 is 0 Å². The second-order valence-corrected chi connectivity index (χ2v) is 5.43. The Morgan fingerprint density at radius 3 is 1.18 bits per heavy atom. The summed E-state index contributed by atoms with van der Waals surface area (Å²) in [6.07, 6.45) is 0. The molecule has 0 fully saturated rings.